The number of carboxylic acids is 1. The number of rotatable bonds is 2. The van der Waals surface area contributed by atoms with Crippen LogP contribution < -0.4 is 0 Å². The Morgan fingerprint density at radius 3 is 2.87 bits per heavy atom. The van der Waals surface area contributed by atoms with Gasteiger partial charge in [-0.3, -0.25) is 4.79 Å². The van der Waals surface area contributed by atoms with Crippen molar-refractivity contribution in [3.05, 3.63) is 35.0 Å². The second kappa shape index (κ2) is 3.62. The number of fused-ring (bicyclic) bond motifs is 1. The normalized spacial score (nSPS) is 12.9. The van der Waals surface area contributed by atoms with Crippen molar-refractivity contribution < 1.29 is 14.3 Å². The van der Waals surface area contributed by atoms with E-state index in [2.05, 4.69) is 0 Å². The second-order valence-electron chi connectivity index (χ2n) is 3.36. The lowest BCUT2D eigenvalue weighted by molar-refractivity contribution is -0.138. The smallest absolute Gasteiger partial charge is 0.311 e. The third kappa shape index (κ3) is 1.72. The SMILES string of the molecule is CC(C(=O)O)c1cc2c(F)cccc2s1. The van der Waals surface area contributed by atoms with Crippen LogP contribution in [0.5, 0.6) is 0 Å². The molecule has 2 rings (SSSR count). The number of hydrogen-bond acceptors (Lipinski definition) is 2. The zero-order valence-corrected chi connectivity index (χ0v) is 8.84. The van der Waals surface area contributed by atoms with E-state index in [1.54, 1.807) is 25.1 Å². The van der Waals surface area contributed by atoms with Crippen LogP contribution in [0.1, 0.15) is 17.7 Å². The Hall–Kier alpha value is -1.42. The average Bonchev–Trinajstić information content (AvgIpc) is 2.61. The molecule has 1 atom stereocenters. The molecule has 1 unspecified atom stereocenters. The fraction of sp³-hybridized carbons (Fsp3) is 0.182. The van der Waals surface area contributed by atoms with Crippen molar-refractivity contribution in [1.29, 1.82) is 0 Å². The van der Waals surface area contributed by atoms with Gasteiger partial charge >= 0.3 is 5.97 Å². The van der Waals surface area contributed by atoms with Crippen LogP contribution in [0.2, 0.25) is 0 Å². The lowest BCUT2D eigenvalue weighted by Crippen LogP contribution is -2.05. The highest BCUT2D eigenvalue weighted by molar-refractivity contribution is 7.19. The highest BCUT2D eigenvalue weighted by Crippen LogP contribution is 2.32. The Morgan fingerprint density at radius 1 is 1.53 bits per heavy atom. The Kier molecular flexibility index (Phi) is 2.44. The fourth-order valence-corrected chi connectivity index (χ4v) is 2.50. The summed E-state index contributed by atoms with van der Waals surface area (Å²) in [4.78, 5) is 11.5. The second-order valence-corrected chi connectivity index (χ2v) is 4.48. The molecule has 0 fully saturated rings. The number of carbonyl (C=O) groups is 1. The molecule has 2 aromatic rings. The highest BCUT2D eigenvalue weighted by Gasteiger charge is 2.17. The van der Waals surface area contributed by atoms with Crippen molar-refractivity contribution in [2.45, 2.75) is 12.8 Å². The van der Waals surface area contributed by atoms with Crippen LogP contribution in [-0.4, -0.2) is 11.1 Å². The third-order valence-corrected chi connectivity index (χ3v) is 3.61. The van der Waals surface area contributed by atoms with Gasteiger partial charge in [-0.25, -0.2) is 4.39 Å². The summed E-state index contributed by atoms with van der Waals surface area (Å²) < 4.78 is 14.1. The lowest BCUT2D eigenvalue weighted by Gasteiger charge is -1.99. The predicted octanol–water partition coefficient (Wildman–Crippen LogP) is 3.23. The number of hydrogen-bond donors (Lipinski definition) is 1. The summed E-state index contributed by atoms with van der Waals surface area (Å²) in [6.07, 6.45) is 0. The molecule has 0 amide bonds. The summed E-state index contributed by atoms with van der Waals surface area (Å²) in [5.74, 6) is -1.77. The first-order chi connectivity index (χ1) is 7.09. The number of thiophene rings is 1. The molecule has 0 bridgehead atoms. The molecule has 1 heterocycles. The Balaban J connectivity index is 2.56. The van der Waals surface area contributed by atoms with Crippen molar-refractivity contribution >= 4 is 27.4 Å². The molecule has 2 nitrogen and oxygen atoms in total. The maximum atomic E-state index is 13.3. The predicted molar refractivity (Wildman–Crippen MR) is 57.8 cm³/mol. The van der Waals surface area contributed by atoms with Gasteiger partial charge in [0, 0.05) is 15.0 Å². The van der Waals surface area contributed by atoms with Crippen LogP contribution in [0.4, 0.5) is 4.39 Å². The van der Waals surface area contributed by atoms with Gasteiger partial charge in [-0.15, -0.1) is 11.3 Å². The maximum absolute atomic E-state index is 13.3. The van der Waals surface area contributed by atoms with Crippen molar-refractivity contribution in [2.24, 2.45) is 0 Å². The van der Waals surface area contributed by atoms with Crippen LogP contribution in [0, 0.1) is 5.82 Å². The molecule has 78 valence electrons. The molecule has 0 saturated carbocycles. The number of aliphatic carboxylic acids is 1. The van der Waals surface area contributed by atoms with Gasteiger partial charge in [-0.05, 0) is 25.1 Å². The Labute approximate surface area is 90.0 Å². The van der Waals surface area contributed by atoms with E-state index < -0.39 is 11.9 Å². The summed E-state index contributed by atoms with van der Waals surface area (Å²) in [6, 6.07) is 6.42. The molecule has 1 aromatic carbocycles. The van der Waals surface area contributed by atoms with Gasteiger partial charge in [-0.1, -0.05) is 6.07 Å². The van der Waals surface area contributed by atoms with E-state index in [0.29, 0.717) is 10.3 Å². The van der Waals surface area contributed by atoms with Crippen LogP contribution in [0.25, 0.3) is 10.1 Å². The summed E-state index contributed by atoms with van der Waals surface area (Å²) in [5.41, 5.74) is 0. The van der Waals surface area contributed by atoms with Gasteiger partial charge in [-0.2, -0.15) is 0 Å². The zero-order chi connectivity index (χ0) is 11.0. The molecule has 1 aromatic heterocycles. The van der Waals surface area contributed by atoms with Gasteiger partial charge in [0.15, 0.2) is 0 Å². The van der Waals surface area contributed by atoms with Crippen LogP contribution in [0.3, 0.4) is 0 Å². The zero-order valence-electron chi connectivity index (χ0n) is 8.03. The van der Waals surface area contributed by atoms with E-state index >= 15 is 0 Å². The largest absolute Gasteiger partial charge is 0.481 e. The van der Waals surface area contributed by atoms with Crippen LogP contribution in [-0.2, 0) is 4.79 Å². The quantitative estimate of drug-likeness (QED) is 0.850. The van der Waals surface area contributed by atoms with Gasteiger partial charge < -0.3 is 5.11 Å². The van der Waals surface area contributed by atoms with Crippen molar-refractivity contribution in [3.8, 4) is 0 Å². The minimum absolute atomic E-state index is 0.299. The Morgan fingerprint density at radius 2 is 2.27 bits per heavy atom. The van der Waals surface area contributed by atoms with Gasteiger partial charge in [0.2, 0.25) is 0 Å². The molecule has 0 radical (unpaired) electrons. The first-order valence-corrected chi connectivity index (χ1v) is 5.32. The average molecular weight is 224 g/mol. The van der Waals surface area contributed by atoms with E-state index in [1.165, 1.54) is 17.4 Å². The van der Waals surface area contributed by atoms with Crippen LogP contribution >= 0.6 is 11.3 Å². The maximum Gasteiger partial charge on any atom is 0.311 e. The third-order valence-electron chi connectivity index (χ3n) is 2.32. The molecule has 0 aliphatic rings. The summed E-state index contributed by atoms with van der Waals surface area (Å²) in [5, 5.41) is 9.35. The number of carboxylic acid groups (broad SMARTS) is 1. The fourth-order valence-electron chi connectivity index (χ4n) is 1.38. The van der Waals surface area contributed by atoms with E-state index in [4.69, 9.17) is 5.11 Å². The van der Waals surface area contributed by atoms with Crippen molar-refractivity contribution in [1.82, 2.24) is 0 Å². The topological polar surface area (TPSA) is 37.3 Å². The van der Waals surface area contributed by atoms with Gasteiger partial charge in [0.25, 0.3) is 0 Å². The first kappa shape index (κ1) is 10.1. The lowest BCUT2D eigenvalue weighted by atomic mass is 10.1. The molecule has 4 heteroatoms. The highest BCUT2D eigenvalue weighted by atomic mass is 32.1. The summed E-state index contributed by atoms with van der Waals surface area (Å²) in [7, 11) is 0. The minimum Gasteiger partial charge on any atom is -0.481 e. The van der Waals surface area contributed by atoms with E-state index in [9.17, 15) is 9.18 Å². The first-order valence-electron chi connectivity index (χ1n) is 4.50. The standard InChI is InChI=1S/C11H9FO2S/c1-6(11(13)14)10-5-7-8(12)3-2-4-9(7)15-10/h2-6H,1H3,(H,13,14). The van der Waals surface area contributed by atoms with E-state index in [1.807, 2.05) is 0 Å². The molecule has 1 N–H and O–H groups in total. The summed E-state index contributed by atoms with van der Waals surface area (Å²) >= 11 is 1.33. The molecular weight excluding hydrogens is 215 g/mol. The molecular formula is C11H9FO2S. The molecule has 0 spiro atoms. The molecule has 0 aliphatic carbocycles. The van der Waals surface area contributed by atoms with Crippen LogP contribution in [0.15, 0.2) is 24.3 Å². The van der Waals surface area contributed by atoms with Gasteiger partial charge in [0.1, 0.15) is 5.82 Å². The molecule has 0 saturated heterocycles. The van der Waals surface area contributed by atoms with E-state index in [-0.39, 0.29) is 5.82 Å². The molecule has 0 aliphatic heterocycles. The van der Waals surface area contributed by atoms with E-state index in [0.717, 1.165) is 4.70 Å². The number of halogens is 1. The van der Waals surface area contributed by atoms with Crippen molar-refractivity contribution in [2.75, 3.05) is 0 Å². The summed E-state index contributed by atoms with van der Waals surface area (Å²) in [6.45, 7) is 1.60. The monoisotopic (exact) mass is 224 g/mol. The van der Waals surface area contributed by atoms with Crippen molar-refractivity contribution in [3.63, 3.8) is 0 Å². The molecule has 15 heavy (non-hydrogen) atoms. The Bertz CT molecular complexity index is 518. The number of benzene rings is 1. The minimum atomic E-state index is -0.887. The van der Waals surface area contributed by atoms with Gasteiger partial charge in [0.05, 0.1) is 5.92 Å².